The Bertz CT molecular complexity index is 743. The Labute approximate surface area is 149 Å². The number of carbonyl (C=O) groups excluding carboxylic acids is 2. The summed E-state index contributed by atoms with van der Waals surface area (Å²) in [5.41, 5.74) is 1.45. The average Bonchev–Trinajstić information content (AvgIpc) is 2.84. The Kier molecular flexibility index (Phi) is 6.21. The molecule has 0 spiro atoms. The number of hydrogen-bond acceptors (Lipinski definition) is 4. The van der Waals surface area contributed by atoms with Gasteiger partial charge in [0.2, 0.25) is 5.91 Å². The lowest BCUT2D eigenvalue weighted by Crippen LogP contribution is -2.48. The predicted molar refractivity (Wildman–Crippen MR) is 96.9 cm³/mol. The summed E-state index contributed by atoms with van der Waals surface area (Å²) in [7, 11) is -3.22. The third-order valence-electron chi connectivity index (χ3n) is 4.31. The fourth-order valence-corrected chi connectivity index (χ4v) is 3.54. The molecule has 1 N–H and O–H groups in total. The molecule has 0 unspecified atom stereocenters. The zero-order valence-corrected chi connectivity index (χ0v) is 15.8. The molecule has 0 saturated carbocycles. The van der Waals surface area contributed by atoms with Crippen LogP contribution in [0.4, 0.5) is 0 Å². The standard InChI is InChI=1S/C18H26N2O4S/c1-13(2)8-10-19-17(21)16(9-11-25(3,23)24)20-12-14-6-4-5-7-15(14)18(20)22/h4-7,13,16H,8-12H2,1-3H3,(H,19,21)/t16-/m0/s1. The molecule has 1 aliphatic rings. The van der Waals surface area contributed by atoms with Crippen LogP contribution in [-0.2, 0) is 21.2 Å². The van der Waals surface area contributed by atoms with E-state index in [2.05, 4.69) is 19.2 Å². The molecule has 6 nitrogen and oxygen atoms in total. The molecule has 7 heteroatoms. The quantitative estimate of drug-likeness (QED) is 0.758. The van der Waals surface area contributed by atoms with Gasteiger partial charge in [-0.15, -0.1) is 0 Å². The Morgan fingerprint density at radius 3 is 2.52 bits per heavy atom. The molecule has 1 heterocycles. The van der Waals surface area contributed by atoms with Crippen molar-refractivity contribution in [2.45, 2.75) is 39.3 Å². The minimum Gasteiger partial charge on any atom is -0.354 e. The molecule has 2 amide bonds. The Morgan fingerprint density at radius 2 is 1.92 bits per heavy atom. The first kappa shape index (κ1) is 19.4. The van der Waals surface area contributed by atoms with E-state index in [1.807, 2.05) is 12.1 Å². The highest BCUT2D eigenvalue weighted by molar-refractivity contribution is 7.90. The molecule has 2 rings (SSSR count). The van der Waals surface area contributed by atoms with Crippen LogP contribution in [0.1, 0.15) is 42.6 Å². The lowest BCUT2D eigenvalue weighted by molar-refractivity contribution is -0.125. The van der Waals surface area contributed by atoms with Gasteiger partial charge in [-0.2, -0.15) is 0 Å². The van der Waals surface area contributed by atoms with Crippen LogP contribution in [0.25, 0.3) is 0 Å². The molecule has 25 heavy (non-hydrogen) atoms. The monoisotopic (exact) mass is 366 g/mol. The van der Waals surface area contributed by atoms with E-state index >= 15 is 0 Å². The normalized spacial score (nSPS) is 15.4. The lowest BCUT2D eigenvalue weighted by atomic mass is 10.1. The highest BCUT2D eigenvalue weighted by Crippen LogP contribution is 2.25. The maximum Gasteiger partial charge on any atom is 0.255 e. The van der Waals surface area contributed by atoms with Crippen molar-refractivity contribution in [3.05, 3.63) is 35.4 Å². The van der Waals surface area contributed by atoms with Gasteiger partial charge in [0.1, 0.15) is 15.9 Å². The zero-order valence-electron chi connectivity index (χ0n) is 15.0. The molecule has 1 atom stereocenters. The Hall–Kier alpha value is -1.89. The van der Waals surface area contributed by atoms with Gasteiger partial charge < -0.3 is 10.2 Å². The molecule has 1 aliphatic heterocycles. The summed E-state index contributed by atoms with van der Waals surface area (Å²) in [6, 6.07) is 6.46. The van der Waals surface area contributed by atoms with E-state index < -0.39 is 15.9 Å². The van der Waals surface area contributed by atoms with Crippen LogP contribution in [0.2, 0.25) is 0 Å². The van der Waals surface area contributed by atoms with E-state index in [4.69, 9.17) is 0 Å². The first-order valence-electron chi connectivity index (χ1n) is 8.53. The van der Waals surface area contributed by atoms with E-state index in [0.717, 1.165) is 18.2 Å². The van der Waals surface area contributed by atoms with Gasteiger partial charge >= 0.3 is 0 Å². The van der Waals surface area contributed by atoms with E-state index in [1.54, 1.807) is 12.1 Å². The van der Waals surface area contributed by atoms with E-state index in [0.29, 0.717) is 24.6 Å². The molecular weight excluding hydrogens is 340 g/mol. The van der Waals surface area contributed by atoms with E-state index in [9.17, 15) is 18.0 Å². The Morgan fingerprint density at radius 1 is 1.24 bits per heavy atom. The Balaban J connectivity index is 2.14. The van der Waals surface area contributed by atoms with Gasteiger partial charge in [0, 0.05) is 24.9 Å². The van der Waals surface area contributed by atoms with Gasteiger partial charge in [0.05, 0.1) is 5.75 Å². The van der Waals surface area contributed by atoms with Crippen LogP contribution < -0.4 is 5.32 Å². The number of sulfone groups is 1. The van der Waals surface area contributed by atoms with Crippen molar-refractivity contribution < 1.29 is 18.0 Å². The van der Waals surface area contributed by atoms with Gasteiger partial charge in [0.15, 0.2) is 0 Å². The molecule has 0 aliphatic carbocycles. The number of nitrogens with zero attached hydrogens (tertiary/aromatic N) is 1. The maximum absolute atomic E-state index is 12.6. The van der Waals surface area contributed by atoms with Crippen molar-refractivity contribution in [3.63, 3.8) is 0 Å². The number of benzene rings is 1. The van der Waals surface area contributed by atoms with Crippen molar-refractivity contribution >= 4 is 21.7 Å². The van der Waals surface area contributed by atoms with Gasteiger partial charge in [-0.1, -0.05) is 32.0 Å². The number of nitrogens with one attached hydrogen (secondary N) is 1. The minimum absolute atomic E-state index is 0.103. The van der Waals surface area contributed by atoms with Crippen molar-refractivity contribution in [3.8, 4) is 0 Å². The molecule has 0 aromatic heterocycles. The summed E-state index contributed by atoms with van der Waals surface area (Å²) >= 11 is 0. The molecule has 0 bridgehead atoms. The van der Waals surface area contributed by atoms with Crippen LogP contribution in [-0.4, -0.2) is 49.7 Å². The number of hydrogen-bond donors (Lipinski definition) is 1. The molecule has 0 fully saturated rings. The fourth-order valence-electron chi connectivity index (χ4n) is 2.88. The third-order valence-corrected chi connectivity index (χ3v) is 5.29. The number of fused-ring (bicyclic) bond motifs is 1. The topological polar surface area (TPSA) is 83.6 Å². The fraction of sp³-hybridized carbons (Fsp3) is 0.556. The van der Waals surface area contributed by atoms with Crippen molar-refractivity contribution in [2.75, 3.05) is 18.6 Å². The third kappa shape index (κ3) is 5.29. The van der Waals surface area contributed by atoms with Gasteiger partial charge in [-0.25, -0.2) is 8.42 Å². The smallest absolute Gasteiger partial charge is 0.255 e. The van der Waals surface area contributed by atoms with Gasteiger partial charge in [-0.3, -0.25) is 9.59 Å². The first-order chi connectivity index (χ1) is 11.7. The highest BCUT2D eigenvalue weighted by atomic mass is 32.2. The molecule has 1 aromatic carbocycles. The average molecular weight is 366 g/mol. The van der Waals surface area contributed by atoms with Gasteiger partial charge in [0.25, 0.3) is 5.91 Å². The van der Waals surface area contributed by atoms with Gasteiger partial charge in [-0.05, 0) is 30.4 Å². The van der Waals surface area contributed by atoms with Crippen LogP contribution in [0, 0.1) is 5.92 Å². The predicted octanol–water partition coefficient (Wildman–Crippen LogP) is 1.61. The summed E-state index contributed by atoms with van der Waals surface area (Å²) in [5.74, 6) is -0.180. The molecule has 1 aromatic rings. The number of carbonyl (C=O) groups is 2. The van der Waals surface area contributed by atoms with E-state index in [-0.39, 0.29) is 24.0 Å². The number of amides is 2. The van der Waals surface area contributed by atoms with Crippen molar-refractivity contribution in [2.24, 2.45) is 5.92 Å². The number of rotatable bonds is 8. The lowest BCUT2D eigenvalue weighted by Gasteiger charge is -2.27. The summed E-state index contributed by atoms with van der Waals surface area (Å²) < 4.78 is 23.1. The second kappa shape index (κ2) is 7.99. The van der Waals surface area contributed by atoms with Crippen LogP contribution in [0.3, 0.4) is 0 Å². The SMILES string of the molecule is CC(C)CCNC(=O)[C@H](CCS(C)(=O)=O)N1Cc2ccccc2C1=O. The molecule has 138 valence electrons. The summed E-state index contributed by atoms with van der Waals surface area (Å²) in [6.07, 6.45) is 2.08. The molecular formula is C18H26N2O4S. The largest absolute Gasteiger partial charge is 0.354 e. The van der Waals surface area contributed by atoms with Crippen LogP contribution in [0.5, 0.6) is 0 Å². The molecule has 0 saturated heterocycles. The summed E-state index contributed by atoms with van der Waals surface area (Å²) in [5, 5.41) is 2.85. The van der Waals surface area contributed by atoms with Crippen LogP contribution in [0.15, 0.2) is 24.3 Å². The first-order valence-corrected chi connectivity index (χ1v) is 10.6. The van der Waals surface area contributed by atoms with Crippen LogP contribution >= 0.6 is 0 Å². The maximum atomic E-state index is 12.6. The summed E-state index contributed by atoms with van der Waals surface area (Å²) in [4.78, 5) is 26.8. The molecule has 0 radical (unpaired) electrons. The highest BCUT2D eigenvalue weighted by Gasteiger charge is 2.36. The minimum atomic E-state index is -3.22. The summed E-state index contributed by atoms with van der Waals surface area (Å²) in [6.45, 7) is 4.98. The van der Waals surface area contributed by atoms with E-state index in [1.165, 1.54) is 4.90 Å². The van der Waals surface area contributed by atoms with Crippen molar-refractivity contribution in [1.29, 1.82) is 0 Å². The zero-order chi connectivity index (χ0) is 18.6. The van der Waals surface area contributed by atoms with Crippen molar-refractivity contribution in [1.82, 2.24) is 10.2 Å². The second-order valence-electron chi connectivity index (χ2n) is 7.00. The second-order valence-corrected chi connectivity index (χ2v) is 9.26.